The maximum absolute atomic E-state index is 13.1. The fourth-order valence-corrected chi connectivity index (χ4v) is 15.1. The van der Waals surface area contributed by atoms with Gasteiger partial charge in [-0.2, -0.15) is 0 Å². The molecule has 0 aromatic rings. The minimum absolute atomic E-state index is 0.108. The lowest BCUT2D eigenvalue weighted by Gasteiger charge is -2.21. The van der Waals surface area contributed by atoms with Crippen molar-refractivity contribution in [2.45, 2.75) is 489 Å². The molecule has 17 nitrogen and oxygen atoms in total. The van der Waals surface area contributed by atoms with E-state index in [9.17, 15) is 43.2 Å². The van der Waals surface area contributed by atoms with Gasteiger partial charge in [-0.1, -0.05) is 419 Å². The van der Waals surface area contributed by atoms with Crippen molar-refractivity contribution >= 4 is 39.5 Å². The number of carbonyl (C=O) groups is 4. The van der Waals surface area contributed by atoms with Crippen molar-refractivity contribution in [1.82, 2.24) is 0 Å². The second-order valence-electron chi connectivity index (χ2n) is 30.9. The minimum atomic E-state index is -4.96. The van der Waals surface area contributed by atoms with Crippen LogP contribution in [0.25, 0.3) is 0 Å². The molecule has 0 saturated heterocycles. The molecule has 0 aromatic heterocycles. The Bertz CT molecular complexity index is 1980. The van der Waals surface area contributed by atoms with E-state index in [1.807, 2.05) is 0 Å². The summed E-state index contributed by atoms with van der Waals surface area (Å²) in [5, 5.41) is 10.7. The Balaban J connectivity index is 5.15. The third kappa shape index (κ3) is 79.9. The van der Waals surface area contributed by atoms with Crippen molar-refractivity contribution in [3.05, 3.63) is 0 Å². The largest absolute Gasteiger partial charge is 0.472 e. The molecule has 0 spiro atoms. The first kappa shape index (κ1) is 103. The summed E-state index contributed by atoms with van der Waals surface area (Å²) < 4.78 is 68.8. The minimum Gasteiger partial charge on any atom is -0.462 e. The number of rotatable bonds is 87. The predicted molar refractivity (Wildman–Crippen MR) is 432 cm³/mol. The Hall–Kier alpha value is -1.94. The van der Waals surface area contributed by atoms with Gasteiger partial charge in [0.2, 0.25) is 0 Å². The van der Waals surface area contributed by atoms with Gasteiger partial charge in [0.25, 0.3) is 0 Å². The van der Waals surface area contributed by atoms with E-state index >= 15 is 0 Å². The molecule has 0 aliphatic rings. The molecule has 5 atom stereocenters. The first-order chi connectivity index (χ1) is 51.2. The number of ether oxygens (including phenoxy) is 4. The van der Waals surface area contributed by atoms with Crippen LogP contribution in [-0.4, -0.2) is 96.7 Å². The van der Waals surface area contributed by atoms with Crippen LogP contribution >= 0.6 is 15.6 Å². The third-order valence-electron chi connectivity index (χ3n) is 20.4. The fourth-order valence-electron chi connectivity index (χ4n) is 13.5. The quantitative estimate of drug-likeness (QED) is 0.0222. The molecule has 0 radical (unpaired) electrons. The molecule has 0 aromatic carbocycles. The second kappa shape index (κ2) is 80.1. The zero-order valence-electron chi connectivity index (χ0n) is 68.7. The Morgan fingerprint density at radius 2 is 0.381 bits per heavy atom. The molecule has 0 rings (SSSR count). The average molecular weight is 1540 g/mol. The highest BCUT2D eigenvalue weighted by Gasteiger charge is 2.30. The summed E-state index contributed by atoms with van der Waals surface area (Å²) in [5.74, 6) is -2.10. The monoisotopic (exact) mass is 1540 g/mol. The van der Waals surface area contributed by atoms with Gasteiger partial charge in [0.1, 0.15) is 19.3 Å². The molecular weight excluding hydrogens is 1370 g/mol. The van der Waals surface area contributed by atoms with Crippen LogP contribution in [0.1, 0.15) is 471 Å². The van der Waals surface area contributed by atoms with Crippen molar-refractivity contribution < 1.29 is 80.2 Å². The number of aliphatic hydroxyl groups is 1. The molecule has 0 fully saturated rings. The van der Waals surface area contributed by atoms with E-state index < -0.39 is 97.5 Å². The maximum Gasteiger partial charge on any atom is 0.472 e. The molecule has 0 aliphatic heterocycles. The Labute approximate surface area is 645 Å². The summed E-state index contributed by atoms with van der Waals surface area (Å²) >= 11 is 0. The molecule has 0 amide bonds. The first-order valence-corrected chi connectivity index (χ1v) is 47.8. The molecule has 0 bridgehead atoms. The standard InChI is InChI=1S/C86H168O17P2/c1-5-9-13-17-21-25-28-31-33-35-37-39-41-43-45-47-50-52-55-59-63-67-71-84(89)97-77-82(103-86(91)73-69-65-61-57-54-51-48-46-44-42-40-38-36-34-32-29-26-22-18-14-10-6-2)79-101-105(94,95)99-75-80(87)74-98-104(92,93)100-78-81(76-96-83(88)70-66-62-58-24-20-16-12-8-4)102-85(90)72-68-64-60-56-53-49-30-27-23-19-15-11-7-3/h80-82,87H,5-79H2,1-4H3,(H,92,93)(H,94,95)/t80-,81+,82+/m0/s1. The van der Waals surface area contributed by atoms with Crippen molar-refractivity contribution in [1.29, 1.82) is 0 Å². The zero-order chi connectivity index (χ0) is 76.7. The van der Waals surface area contributed by atoms with Crippen LogP contribution in [0.5, 0.6) is 0 Å². The van der Waals surface area contributed by atoms with Gasteiger partial charge >= 0.3 is 39.5 Å². The molecule has 0 aliphatic carbocycles. The molecular formula is C86H168O17P2. The number of hydrogen-bond acceptors (Lipinski definition) is 15. The van der Waals surface area contributed by atoms with Crippen LogP contribution in [0.3, 0.4) is 0 Å². The lowest BCUT2D eigenvalue weighted by molar-refractivity contribution is -0.161. The van der Waals surface area contributed by atoms with Crippen LogP contribution < -0.4 is 0 Å². The Morgan fingerprint density at radius 3 is 0.562 bits per heavy atom. The maximum atomic E-state index is 13.1. The summed E-state index contributed by atoms with van der Waals surface area (Å²) in [6, 6.07) is 0. The van der Waals surface area contributed by atoms with Gasteiger partial charge in [-0.25, -0.2) is 9.13 Å². The smallest absolute Gasteiger partial charge is 0.462 e. The van der Waals surface area contributed by atoms with Gasteiger partial charge in [-0.05, 0) is 25.7 Å². The van der Waals surface area contributed by atoms with E-state index in [4.69, 9.17) is 37.0 Å². The van der Waals surface area contributed by atoms with Gasteiger partial charge in [0, 0.05) is 25.7 Å². The predicted octanol–water partition coefficient (Wildman–Crippen LogP) is 26.5. The number of phosphoric acid groups is 2. The van der Waals surface area contributed by atoms with Crippen LogP contribution in [0, 0.1) is 0 Å². The van der Waals surface area contributed by atoms with E-state index in [0.717, 1.165) is 89.9 Å². The Morgan fingerprint density at radius 1 is 0.229 bits per heavy atom. The normalized spacial score (nSPS) is 13.7. The molecule has 2 unspecified atom stereocenters. The molecule has 624 valence electrons. The van der Waals surface area contributed by atoms with Crippen LogP contribution in [0.15, 0.2) is 0 Å². The van der Waals surface area contributed by atoms with E-state index in [0.29, 0.717) is 25.7 Å². The van der Waals surface area contributed by atoms with Crippen molar-refractivity contribution in [2.24, 2.45) is 0 Å². The van der Waals surface area contributed by atoms with E-state index in [2.05, 4.69) is 27.7 Å². The molecule has 105 heavy (non-hydrogen) atoms. The van der Waals surface area contributed by atoms with Crippen molar-refractivity contribution in [2.75, 3.05) is 39.6 Å². The van der Waals surface area contributed by atoms with Gasteiger partial charge in [-0.3, -0.25) is 37.3 Å². The number of phosphoric ester groups is 2. The summed E-state index contributed by atoms with van der Waals surface area (Å²) in [7, 11) is -9.92. The highest BCUT2D eigenvalue weighted by atomic mass is 31.2. The second-order valence-corrected chi connectivity index (χ2v) is 33.8. The zero-order valence-corrected chi connectivity index (χ0v) is 70.5. The van der Waals surface area contributed by atoms with Crippen LogP contribution in [0.2, 0.25) is 0 Å². The molecule has 0 heterocycles. The van der Waals surface area contributed by atoms with E-state index in [-0.39, 0.29) is 25.7 Å². The number of unbranched alkanes of at least 4 members (excludes halogenated alkanes) is 61. The molecule has 3 N–H and O–H groups in total. The lowest BCUT2D eigenvalue weighted by atomic mass is 10.0. The summed E-state index contributed by atoms with van der Waals surface area (Å²) in [5.41, 5.74) is 0. The van der Waals surface area contributed by atoms with Gasteiger partial charge < -0.3 is 33.8 Å². The topological polar surface area (TPSA) is 237 Å². The summed E-state index contributed by atoms with van der Waals surface area (Å²) in [6.45, 7) is 5.02. The van der Waals surface area contributed by atoms with E-state index in [1.165, 1.54) is 302 Å². The number of esters is 4. The number of hydrogen-bond donors (Lipinski definition) is 3. The van der Waals surface area contributed by atoms with Crippen LogP contribution in [0.4, 0.5) is 0 Å². The fraction of sp³-hybridized carbons (Fsp3) is 0.953. The highest BCUT2D eigenvalue weighted by molar-refractivity contribution is 7.47. The molecule has 0 saturated carbocycles. The van der Waals surface area contributed by atoms with Gasteiger partial charge in [-0.15, -0.1) is 0 Å². The number of aliphatic hydroxyl groups excluding tert-OH is 1. The Kier molecular flexibility index (Phi) is 78.6. The lowest BCUT2D eigenvalue weighted by Crippen LogP contribution is -2.30. The van der Waals surface area contributed by atoms with Gasteiger partial charge in [0.15, 0.2) is 12.2 Å². The van der Waals surface area contributed by atoms with Crippen LogP contribution in [-0.2, 0) is 65.4 Å². The SMILES string of the molecule is CCCCCCCCCCCCCCCCCCCCCCCCC(=O)OC[C@H](COP(=O)(O)OC[C@@H](O)COP(=O)(O)OC[C@@H](COC(=O)CCCCCCCCCC)OC(=O)CCCCCCCCCCCCCCC)OC(=O)CCCCCCCCCCCCCCCCCCCCCCCC. The van der Waals surface area contributed by atoms with Crippen molar-refractivity contribution in [3.63, 3.8) is 0 Å². The average Bonchev–Trinajstić information content (AvgIpc) is 0.916. The van der Waals surface area contributed by atoms with Gasteiger partial charge in [0.05, 0.1) is 26.4 Å². The summed E-state index contributed by atoms with van der Waals surface area (Å²) in [6.07, 6.45) is 75.3. The highest BCUT2D eigenvalue weighted by Crippen LogP contribution is 2.45. The summed E-state index contributed by atoms with van der Waals surface area (Å²) in [4.78, 5) is 73.0. The molecule has 19 heteroatoms. The first-order valence-electron chi connectivity index (χ1n) is 44.8. The van der Waals surface area contributed by atoms with Crippen molar-refractivity contribution in [3.8, 4) is 0 Å². The third-order valence-corrected chi connectivity index (χ3v) is 22.3. The van der Waals surface area contributed by atoms with E-state index in [1.54, 1.807) is 0 Å². The number of carbonyl (C=O) groups excluding carboxylic acids is 4.